The largest absolute Gasteiger partial charge is 0.444 e. The van der Waals surface area contributed by atoms with Crippen molar-refractivity contribution in [2.24, 2.45) is 22.7 Å². The Morgan fingerprint density at radius 3 is 1.23 bits per heavy atom. The summed E-state index contributed by atoms with van der Waals surface area (Å²) in [5, 5.41) is 17.9. The van der Waals surface area contributed by atoms with Gasteiger partial charge in [-0.2, -0.15) is 0 Å². The monoisotopic (exact) mass is 1330 g/mol. The van der Waals surface area contributed by atoms with E-state index in [9.17, 15) is 38.4 Å². The summed E-state index contributed by atoms with van der Waals surface area (Å²) in [5.41, 5.74) is 2.40. The van der Waals surface area contributed by atoms with Crippen LogP contribution in [0.15, 0.2) is 72.8 Å². The van der Waals surface area contributed by atoms with Gasteiger partial charge in [0.05, 0.1) is 34.7 Å². The molecule has 6 aliphatic rings. The van der Waals surface area contributed by atoms with Gasteiger partial charge in [0.25, 0.3) is 0 Å². The topological polar surface area (TPSA) is 274 Å². The Morgan fingerprint density at radius 2 is 0.883 bits per heavy atom. The van der Waals surface area contributed by atoms with Crippen molar-refractivity contribution in [1.82, 2.24) is 51.5 Å². The van der Waals surface area contributed by atoms with E-state index in [1.165, 1.54) is 23.9 Å². The first-order valence-corrected chi connectivity index (χ1v) is 35.0. The third-order valence-corrected chi connectivity index (χ3v) is 21.8. The van der Waals surface area contributed by atoms with Crippen LogP contribution in [0.2, 0.25) is 0 Å². The molecule has 2 aliphatic carbocycles. The molecule has 0 radical (unpaired) electrons. The van der Waals surface area contributed by atoms with Crippen molar-refractivity contribution in [3.63, 3.8) is 0 Å². The molecule has 4 heterocycles. The van der Waals surface area contributed by atoms with Crippen LogP contribution in [0, 0.1) is 22.7 Å². The fourth-order valence-electron chi connectivity index (χ4n) is 13.9. The maximum atomic E-state index is 15.0. The third kappa shape index (κ3) is 16.0. The van der Waals surface area contributed by atoms with Crippen molar-refractivity contribution in [3.05, 3.63) is 106 Å². The highest BCUT2D eigenvalue weighted by Crippen LogP contribution is 2.49. The minimum atomic E-state index is -0.953. The molecule has 94 heavy (non-hydrogen) atoms. The Hall–Kier alpha value is -7.34. The number of carbonyl (C=O) groups is 10. The molecule has 0 unspecified atom stereocenters. The number of benzene rings is 3. The molecule has 0 aromatic heterocycles. The molecule has 9 rings (SSSR count). The minimum absolute atomic E-state index is 0.186. The maximum Gasteiger partial charge on any atom is 0.410 e. The zero-order chi connectivity index (χ0) is 68.5. The van der Waals surface area contributed by atoms with Crippen LogP contribution < -0.4 is 31.9 Å². The SMILES string of the molecule is C[C@@H](C(=O)N[C@H]1CCS[C@H]2CC(C)(C)[C@@H](C(=O)N[C@H]3c4ccccc4CC[C@H]3C(=O)NCc3ccc(CNC(=O)[C@@H]4CCc5ccccc5[C@@H]4NC(=O)[C@H]4N5C(=O)[C@@H](NC(=O)[C@H](C)N(C)C(=O)OC(C)(C)C)CCS[C@H]5CC4(C)C)cc3)N2C1=O)N(C)C(=O)OC(C)(C)C. The van der Waals surface area contributed by atoms with Crippen LogP contribution >= 0.6 is 23.5 Å². The van der Waals surface area contributed by atoms with Crippen LogP contribution in [0.4, 0.5) is 9.59 Å². The van der Waals surface area contributed by atoms with E-state index in [4.69, 9.17) is 9.47 Å². The highest BCUT2D eigenvalue weighted by atomic mass is 32.2. The smallest absolute Gasteiger partial charge is 0.410 e. The third-order valence-electron chi connectivity index (χ3n) is 19.3. The Balaban J connectivity index is 0.827. The molecule has 10 amide bonds. The molecule has 6 N–H and O–H groups in total. The summed E-state index contributed by atoms with van der Waals surface area (Å²) in [6.45, 7) is 21.8. The van der Waals surface area contributed by atoms with Gasteiger partial charge in [-0.3, -0.25) is 48.2 Å². The molecule has 0 spiro atoms. The van der Waals surface area contributed by atoms with Crippen molar-refractivity contribution in [3.8, 4) is 0 Å². The molecule has 4 saturated heterocycles. The normalized spacial score (nSPS) is 26.0. The van der Waals surface area contributed by atoms with Gasteiger partial charge in [-0.25, -0.2) is 9.59 Å². The number of rotatable bonds is 16. The number of amides is 10. The van der Waals surface area contributed by atoms with E-state index in [0.717, 1.165) is 33.4 Å². The van der Waals surface area contributed by atoms with Gasteiger partial charge >= 0.3 is 12.2 Å². The second-order valence-corrected chi connectivity index (χ2v) is 32.1. The lowest BCUT2D eigenvalue weighted by atomic mass is 9.78. The predicted octanol–water partition coefficient (Wildman–Crippen LogP) is 7.42. The quantitative estimate of drug-likeness (QED) is 0.0815. The van der Waals surface area contributed by atoms with E-state index in [-0.39, 0.29) is 47.5 Å². The van der Waals surface area contributed by atoms with Crippen LogP contribution in [-0.4, -0.2) is 163 Å². The predicted molar refractivity (Wildman–Crippen MR) is 359 cm³/mol. The molecule has 0 saturated carbocycles. The average molecular weight is 1330 g/mol. The van der Waals surface area contributed by atoms with Gasteiger partial charge in [-0.05, 0) is 162 Å². The summed E-state index contributed by atoms with van der Waals surface area (Å²) < 4.78 is 11.0. The molecule has 12 atom stereocenters. The van der Waals surface area contributed by atoms with Gasteiger partial charge < -0.3 is 51.2 Å². The fraction of sp³-hybridized carbons (Fsp3) is 0.600. The van der Waals surface area contributed by atoms with Gasteiger partial charge in [0, 0.05) is 27.2 Å². The molecule has 0 bridgehead atoms. The highest BCUT2D eigenvalue weighted by molar-refractivity contribution is 8.00. The second kappa shape index (κ2) is 28.5. The molecule has 24 heteroatoms. The number of aryl methyl sites for hydroxylation is 2. The molecule has 4 fully saturated rings. The number of nitrogens with one attached hydrogen (secondary N) is 6. The molecule has 4 aliphatic heterocycles. The summed E-state index contributed by atoms with van der Waals surface area (Å²) in [6, 6.07) is 16.0. The Bertz CT molecular complexity index is 3170. The molecule has 3 aromatic carbocycles. The van der Waals surface area contributed by atoms with Crippen LogP contribution in [0.3, 0.4) is 0 Å². The number of hydrogen-bond donors (Lipinski definition) is 6. The van der Waals surface area contributed by atoms with E-state index in [1.54, 1.807) is 88.7 Å². The van der Waals surface area contributed by atoms with E-state index in [0.29, 0.717) is 62.9 Å². The lowest BCUT2D eigenvalue weighted by molar-refractivity contribution is -0.144. The molecular formula is C70H96N10O12S2. The van der Waals surface area contributed by atoms with E-state index < -0.39 is 118 Å². The Kier molecular flexibility index (Phi) is 21.5. The molecule has 510 valence electrons. The summed E-state index contributed by atoms with van der Waals surface area (Å²) in [5.74, 6) is -3.30. The Morgan fingerprint density at radius 1 is 0.532 bits per heavy atom. The lowest BCUT2D eigenvalue weighted by Gasteiger charge is -2.38. The van der Waals surface area contributed by atoms with Crippen molar-refractivity contribution in [2.75, 3.05) is 25.6 Å². The summed E-state index contributed by atoms with van der Waals surface area (Å²) >= 11 is 3.14. The zero-order valence-electron chi connectivity index (χ0n) is 56.8. The van der Waals surface area contributed by atoms with E-state index >= 15 is 9.59 Å². The first-order chi connectivity index (χ1) is 44.1. The van der Waals surface area contributed by atoms with E-state index in [2.05, 4.69) is 31.9 Å². The highest BCUT2D eigenvalue weighted by Gasteiger charge is 2.57. The van der Waals surface area contributed by atoms with Crippen LogP contribution in [0.1, 0.15) is 167 Å². The first kappa shape index (κ1) is 71.0. The second-order valence-electron chi connectivity index (χ2n) is 29.5. The minimum Gasteiger partial charge on any atom is -0.444 e. The lowest BCUT2D eigenvalue weighted by Crippen LogP contribution is -2.59. The standard InChI is InChI=1S/C70H96N10O12S2/c1-39(77(13)65(89)91-67(3,4)5)57(81)73-49-31-33-93-51-35-69(9,10)55(79(51)63(49)87)61(85)75-53-45-21-17-15-19-43(45)27-29-47(53)59(83)71-37-41-23-25-42(26-24-41)38-72-60(84)48-30-28-44-20-16-18-22-46(44)54(48)76-62(86)56-70(11,12)36-52-80(56)64(88)50(32-34-94-52)74-58(82)40(2)78(14)66(90)92-68(6,7)8/h15-26,39-40,47-56H,27-38H2,1-14H3,(H,71,83)(H,72,84)(H,73,81)(H,74,82)(H,75,85)(H,76,86)/t39-,40-,47+,48+,49-,50-,51-,52-,53-,54-,55+,56+/m0/s1. The van der Waals surface area contributed by atoms with Crippen molar-refractivity contribution >= 4 is 83.0 Å². The summed E-state index contributed by atoms with van der Waals surface area (Å²) in [6.07, 6.45) is 2.52. The number of fused-ring (bicyclic) bond motifs is 4. The first-order valence-electron chi connectivity index (χ1n) is 32.9. The van der Waals surface area contributed by atoms with Crippen LogP contribution in [0.25, 0.3) is 0 Å². The van der Waals surface area contributed by atoms with Gasteiger partial charge in [0.1, 0.15) is 47.5 Å². The number of likely N-dealkylation sites (N-methyl/N-ethyl adjacent to an activating group) is 2. The van der Waals surface area contributed by atoms with Crippen molar-refractivity contribution in [1.29, 1.82) is 0 Å². The number of thioether (sulfide) groups is 2. The Labute approximate surface area is 561 Å². The van der Waals surface area contributed by atoms with Gasteiger partial charge in [0.15, 0.2) is 0 Å². The zero-order valence-corrected chi connectivity index (χ0v) is 58.5. The van der Waals surface area contributed by atoms with E-state index in [1.807, 2.05) is 100 Å². The summed E-state index contributed by atoms with van der Waals surface area (Å²) in [4.78, 5) is 147. The van der Waals surface area contributed by atoms with Crippen molar-refractivity contribution < 1.29 is 57.4 Å². The molecular weight excluding hydrogens is 1240 g/mol. The average Bonchev–Trinajstić information content (AvgIpc) is 1.57. The van der Waals surface area contributed by atoms with Gasteiger partial charge in [0.2, 0.25) is 47.3 Å². The number of ether oxygens (including phenoxy) is 2. The van der Waals surface area contributed by atoms with Gasteiger partial charge in [-0.1, -0.05) is 100 Å². The van der Waals surface area contributed by atoms with Crippen LogP contribution in [0.5, 0.6) is 0 Å². The number of carbonyl (C=O) groups excluding carboxylic acids is 10. The fourth-order valence-corrected chi connectivity index (χ4v) is 17.1. The molecule has 22 nitrogen and oxygen atoms in total. The van der Waals surface area contributed by atoms with Crippen LogP contribution in [-0.2, 0) is 73.8 Å². The van der Waals surface area contributed by atoms with Crippen molar-refractivity contribution in [2.45, 2.75) is 218 Å². The maximum absolute atomic E-state index is 15.0. The summed E-state index contributed by atoms with van der Waals surface area (Å²) in [7, 11) is 2.94. The number of hydrogen-bond acceptors (Lipinski definition) is 14. The molecule has 3 aromatic rings. The van der Waals surface area contributed by atoms with Gasteiger partial charge in [-0.15, -0.1) is 23.5 Å². The number of nitrogens with zero attached hydrogens (tertiary/aromatic N) is 4.